The number of hydrogen-bond donors (Lipinski definition) is 0. The van der Waals surface area contributed by atoms with Crippen LogP contribution in [-0.2, 0) is 14.2 Å². The summed E-state index contributed by atoms with van der Waals surface area (Å²) < 4.78 is 18.2. The van der Waals surface area contributed by atoms with E-state index in [0.717, 1.165) is 32.5 Å². The Hall–Kier alpha value is -0.380. The lowest BCUT2D eigenvalue weighted by atomic mass is 9.76. The average Bonchev–Trinajstić information content (AvgIpc) is 3.00. The molecule has 2 saturated carbocycles. The van der Waals surface area contributed by atoms with Gasteiger partial charge in [0.05, 0.1) is 19.3 Å². The van der Waals surface area contributed by atoms with Gasteiger partial charge in [0.2, 0.25) is 0 Å². The largest absolute Gasteiger partial charge is 0.381 e. The van der Waals surface area contributed by atoms with E-state index < -0.39 is 5.79 Å². The number of methoxy groups -OCH3 is 1. The monoisotopic (exact) mass is 266 g/mol. The maximum atomic E-state index is 6.20. The van der Waals surface area contributed by atoms with Crippen molar-refractivity contribution in [3.63, 3.8) is 0 Å². The summed E-state index contributed by atoms with van der Waals surface area (Å²) in [5, 5.41) is 0. The van der Waals surface area contributed by atoms with Crippen molar-refractivity contribution in [2.45, 2.75) is 45.0 Å². The summed E-state index contributed by atoms with van der Waals surface area (Å²) in [5.41, 5.74) is 0.0392. The SMILES string of the molecule is C=CC[C@@]1(C)C[C@@H]2[C@@H](OC)[C@H](C)C[C@@H]2C12OCCO2. The molecule has 3 aliphatic rings. The molecule has 0 aromatic carbocycles. The molecule has 0 amide bonds. The van der Waals surface area contributed by atoms with Crippen molar-refractivity contribution >= 4 is 0 Å². The Labute approximate surface area is 116 Å². The van der Waals surface area contributed by atoms with Crippen LogP contribution in [0.3, 0.4) is 0 Å². The van der Waals surface area contributed by atoms with Gasteiger partial charge in [-0.25, -0.2) is 0 Å². The standard InChI is InChI=1S/C16H26O3/c1-5-6-15(3)10-12-13(9-11(2)14(12)17-4)16(15)18-7-8-19-16/h5,11-14H,1,6-10H2,2-4H3/t11-,12+,13+,14+,15+/m1/s1. The maximum absolute atomic E-state index is 6.20. The predicted molar refractivity (Wildman–Crippen MR) is 73.7 cm³/mol. The van der Waals surface area contributed by atoms with Crippen molar-refractivity contribution in [1.29, 1.82) is 0 Å². The Morgan fingerprint density at radius 1 is 1.37 bits per heavy atom. The van der Waals surface area contributed by atoms with Crippen LogP contribution >= 0.6 is 0 Å². The number of allylic oxidation sites excluding steroid dienone is 1. The highest BCUT2D eigenvalue weighted by atomic mass is 16.7. The summed E-state index contributed by atoms with van der Waals surface area (Å²) in [6.07, 6.45) is 5.58. The zero-order chi connectivity index (χ0) is 13.7. The van der Waals surface area contributed by atoms with E-state index in [2.05, 4.69) is 20.4 Å². The molecule has 19 heavy (non-hydrogen) atoms. The number of hydrogen-bond acceptors (Lipinski definition) is 3. The van der Waals surface area contributed by atoms with Crippen molar-refractivity contribution in [1.82, 2.24) is 0 Å². The Morgan fingerprint density at radius 3 is 2.63 bits per heavy atom. The molecule has 1 aliphatic heterocycles. The Kier molecular flexibility index (Phi) is 3.27. The highest BCUT2D eigenvalue weighted by Crippen LogP contribution is 2.64. The van der Waals surface area contributed by atoms with Crippen molar-refractivity contribution < 1.29 is 14.2 Å². The van der Waals surface area contributed by atoms with Crippen LogP contribution < -0.4 is 0 Å². The first-order chi connectivity index (χ1) is 9.08. The molecule has 3 fully saturated rings. The van der Waals surface area contributed by atoms with Gasteiger partial charge in [0.15, 0.2) is 5.79 Å². The Balaban J connectivity index is 1.96. The number of fused-ring (bicyclic) bond motifs is 2. The van der Waals surface area contributed by atoms with Crippen LogP contribution in [0.25, 0.3) is 0 Å². The average molecular weight is 266 g/mol. The fraction of sp³-hybridized carbons (Fsp3) is 0.875. The highest BCUT2D eigenvalue weighted by Gasteiger charge is 2.68. The summed E-state index contributed by atoms with van der Waals surface area (Å²) in [6.45, 7) is 9.97. The minimum Gasteiger partial charge on any atom is -0.381 e. The van der Waals surface area contributed by atoms with Gasteiger partial charge in [0.25, 0.3) is 0 Å². The third-order valence-corrected chi connectivity index (χ3v) is 5.72. The summed E-state index contributed by atoms with van der Waals surface area (Å²) in [6, 6.07) is 0. The van der Waals surface area contributed by atoms with Crippen molar-refractivity contribution in [3.8, 4) is 0 Å². The Bertz CT molecular complexity index is 361. The lowest BCUT2D eigenvalue weighted by molar-refractivity contribution is -0.242. The van der Waals surface area contributed by atoms with Gasteiger partial charge < -0.3 is 14.2 Å². The van der Waals surface area contributed by atoms with Gasteiger partial charge in [-0.2, -0.15) is 0 Å². The third-order valence-electron chi connectivity index (χ3n) is 5.72. The van der Waals surface area contributed by atoms with Gasteiger partial charge in [-0.3, -0.25) is 0 Å². The first-order valence-electron chi connectivity index (χ1n) is 7.49. The topological polar surface area (TPSA) is 27.7 Å². The number of rotatable bonds is 3. The second-order valence-corrected chi connectivity index (χ2v) is 6.81. The summed E-state index contributed by atoms with van der Waals surface area (Å²) in [7, 11) is 1.84. The van der Waals surface area contributed by atoms with Crippen LogP contribution in [0.15, 0.2) is 12.7 Å². The van der Waals surface area contributed by atoms with Gasteiger partial charge in [-0.1, -0.05) is 19.9 Å². The molecular formula is C16H26O3. The van der Waals surface area contributed by atoms with E-state index in [9.17, 15) is 0 Å². The molecule has 2 aliphatic carbocycles. The van der Waals surface area contributed by atoms with Crippen LogP contribution in [0, 0.1) is 23.2 Å². The van der Waals surface area contributed by atoms with Crippen LogP contribution in [0.2, 0.25) is 0 Å². The van der Waals surface area contributed by atoms with Gasteiger partial charge >= 0.3 is 0 Å². The molecule has 0 unspecified atom stereocenters. The van der Waals surface area contributed by atoms with E-state index in [1.165, 1.54) is 0 Å². The van der Waals surface area contributed by atoms with E-state index in [-0.39, 0.29) is 5.41 Å². The zero-order valence-corrected chi connectivity index (χ0v) is 12.4. The molecule has 0 aromatic heterocycles. The zero-order valence-electron chi connectivity index (χ0n) is 12.4. The van der Waals surface area contributed by atoms with Crippen LogP contribution in [0.5, 0.6) is 0 Å². The predicted octanol–water partition coefficient (Wildman–Crippen LogP) is 3.00. The van der Waals surface area contributed by atoms with E-state index in [1.54, 1.807) is 0 Å². The summed E-state index contributed by atoms with van der Waals surface area (Å²) >= 11 is 0. The van der Waals surface area contributed by atoms with Gasteiger partial charge in [-0.05, 0) is 31.1 Å². The fourth-order valence-corrected chi connectivity index (χ4v) is 5.11. The van der Waals surface area contributed by atoms with Crippen LogP contribution in [0.4, 0.5) is 0 Å². The third kappa shape index (κ3) is 1.68. The maximum Gasteiger partial charge on any atom is 0.177 e. The van der Waals surface area contributed by atoms with E-state index in [0.29, 0.717) is 23.9 Å². The second kappa shape index (κ2) is 4.57. The molecule has 0 radical (unpaired) electrons. The normalized spacial score (nSPS) is 47.7. The van der Waals surface area contributed by atoms with E-state index >= 15 is 0 Å². The molecule has 1 spiro atoms. The molecule has 3 heteroatoms. The molecule has 0 aromatic rings. The lowest BCUT2D eigenvalue weighted by Gasteiger charge is -2.42. The van der Waals surface area contributed by atoms with Crippen LogP contribution in [0.1, 0.15) is 33.1 Å². The van der Waals surface area contributed by atoms with Crippen LogP contribution in [-0.4, -0.2) is 32.2 Å². The minimum absolute atomic E-state index is 0.0392. The second-order valence-electron chi connectivity index (χ2n) is 6.81. The minimum atomic E-state index is -0.395. The Morgan fingerprint density at radius 2 is 2.05 bits per heavy atom. The molecule has 1 saturated heterocycles. The molecule has 0 N–H and O–H groups in total. The quantitative estimate of drug-likeness (QED) is 0.735. The summed E-state index contributed by atoms with van der Waals surface area (Å²) in [5.74, 6) is 1.23. The molecule has 0 bridgehead atoms. The van der Waals surface area contributed by atoms with E-state index in [4.69, 9.17) is 14.2 Å². The highest BCUT2D eigenvalue weighted by molar-refractivity contribution is 5.13. The van der Waals surface area contributed by atoms with Gasteiger partial charge in [0.1, 0.15) is 0 Å². The molecule has 5 atom stereocenters. The van der Waals surface area contributed by atoms with Crippen molar-refractivity contribution in [2.24, 2.45) is 23.2 Å². The molecule has 1 heterocycles. The molecule has 3 nitrogen and oxygen atoms in total. The molecule has 108 valence electrons. The van der Waals surface area contributed by atoms with Crippen molar-refractivity contribution in [3.05, 3.63) is 12.7 Å². The number of ether oxygens (including phenoxy) is 3. The smallest absolute Gasteiger partial charge is 0.177 e. The summed E-state index contributed by atoms with van der Waals surface area (Å²) in [4.78, 5) is 0. The van der Waals surface area contributed by atoms with E-state index in [1.807, 2.05) is 13.2 Å². The first kappa shape index (κ1) is 13.6. The first-order valence-corrected chi connectivity index (χ1v) is 7.49. The molecule has 3 rings (SSSR count). The van der Waals surface area contributed by atoms with Gasteiger partial charge in [-0.15, -0.1) is 6.58 Å². The fourth-order valence-electron chi connectivity index (χ4n) is 5.11. The lowest BCUT2D eigenvalue weighted by Crippen LogP contribution is -2.47. The van der Waals surface area contributed by atoms with Crippen molar-refractivity contribution in [2.75, 3.05) is 20.3 Å². The molecular weight excluding hydrogens is 240 g/mol. The van der Waals surface area contributed by atoms with Gasteiger partial charge in [0, 0.05) is 18.4 Å².